The standard InChI is InChI=1S/C19H24N2O5/c1-11(2)9-15(19(25)26-10-16(22)20-12(3)4)21-17(23)13-7-5-6-8-14(13)18(21)24/h5-8,11-12,15H,9-10H2,1-4H3,(H,20,22)/t15-/m1/s1. The van der Waals surface area contributed by atoms with Crippen molar-refractivity contribution in [3.05, 3.63) is 35.4 Å². The Balaban J connectivity index is 2.17. The van der Waals surface area contributed by atoms with Crippen LogP contribution in [0, 0.1) is 5.92 Å². The third-order valence-electron chi connectivity index (χ3n) is 3.90. The Bertz CT molecular complexity index is 691. The van der Waals surface area contributed by atoms with Gasteiger partial charge in [-0.1, -0.05) is 26.0 Å². The molecular formula is C19H24N2O5. The van der Waals surface area contributed by atoms with Crippen LogP contribution in [0.25, 0.3) is 0 Å². The summed E-state index contributed by atoms with van der Waals surface area (Å²) in [4.78, 5) is 50.5. The van der Waals surface area contributed by atoms with Crippen LogP contribution in [0.1, 0.15) is 54.8 Å². The van der Waals surface area contributed by atoms with Crippen LogP contribution < -0.4 is 5.32 Å². The third kappa shape index (κ3) is 4.28. The molecule has 0 saturated heterocycles. The van der Waals surface area contributed by atoms with Crippen molar-refractivity contribution in [2.45, 2.75) is 46.2 Å². The molecular weight excluding hydrogens is 336 g/mol. The fourth-order valence-electron chi connectivity index (χ4n) is 2.84. The van der Waals surface area contributed by atoms with Gasteiger partial charge >= 0.3 is 5.97 Å². The van der Waals surface area contributed by atoms with Crippen molar-refractivity contribution in [3.8, 4) is 0 Å². The lowest BCUT2D eigenvalue weighted by Gasteiger charge is -2.26. The first-order chi connectivity index (χ1) is 12.2. The summed E-state index contributed by atoms with van der Waals surface area (Å²) in [6.07, 6.45) is 0.260. The van der Waals surface area contributed by atoms with E-state index in [4.69, 9.17) is 4.74 Å². The van der Waals surface area contributed by atoms with E-state index in [0.717, 1.165) is 4.90 Å². The van der Waals surface area contributed by atoms with Gasteiger partial charge in [0.1, 0.15) is 6.04 Å². The fourth-order valence-corrected chi connectivity index (χ4v) is 2.84. The molecule has 1 aromatic carbocycles. The highest BCUT2D eigenvalue weighted by Gasteiger charge is 2.43. The maximum Gasteiger partial charge on any atom is 0.329 e. The van der Waals surface area contributed by atoms with E-state index in [-0.39, 0.29) is 29.5 Å². The van der Waals surface area contributed by atoms with Gasteiger partial charge in [-0.3, -0.25) is 19.3 Å². The van der Waals surface area contributed by atoms with Crippen LogP contribution in [0.15, 0.2) is 24.3 Å². The van der Waals surface area contributed by atoms with Crippen molar-refractivity contribution in [2.24, 2.45) is 5.92 Å². The topological polar surface area (TPSA) is 92.8 Å². The molecule has 1 aliphatic rings. The maximum atomic E-state index is 12.6. The van der Waals surface area contributed by atoms with E-state index in [1.807, 2.05) is 13.8 Å². The van der Waals surface area contributed by atoms with Gasteiger partial charge < -0.3 is 10.1 Å². The molecule has 1 aliphatic heterocycles. The van der Waals surface area contributed by atoms with E-state index in [0.29, 0.717) is 0 Å². The lowest BCUT2D eigenvalue weighted by atomic mass is 10.0. The summed E-state index contributed by atoms with van der Waals surface area (Å²) >= 11 is 0. The highest BCUT2D eigenvalue weighted by Crippen LogP contribution is 2.27. The van der Waals surface area contributed by atoms with Crippen LogP contribution >= 0.6 is 0 Å². The molecule has 7 nitrogen and oxygen atoms in total. The number of hydrogen-bond donors (Lipinski definition) is 1. The van der Waals surface area contributed by atoms with E-state index < -0.39 is 36.3 Å². The predicted octanol–water partition coefficient (Wildman–Crippen LogP) is 1.77. The molecule has 1 N–H and O–H groups in total. The number of carbonyl (C=O) groups excluding carboxylic acids is 4. The minimum atomic E-state index is -1.06. The first-order valence-electron chi connectivity index (χ1n) is 8.65. The first kappa shape index (κ1) is 19.6. The van der Waals surface area contributed by atoms with Crippen molar-refractivity contribution in [1.29, 1.82) is 0 Å². The molecule has 3 amide bonds. The molecule has 140 valence electrons. The summed E-state index contributed by atoms with van der Waals surface area (Å²) in [6.45, 7) is 6.89. The first-order valence-corrected chi connectivity index (χ1v) is 8.65. The molecule has 0 saturated carbocycles. The molecule has 1 heterocycles. The van der Waals surface area contributed by atoms with Crippen molar-refractivity contribution in [3.63, 3.8) is 0 Å². The van der Waals surface area contributed by atoms with E-state index in [2.05, 4.69) is 5.32 Å². The number of benzene rings is 1. The Morgan fingerprint density at radius 1 is 1.04 bits per heavy atom. The summed E-state index contributed by atoms with van der Waals surface area (Å²) < 4.78 is 5.08. The molecule has 2 rings (SSSR count). The normalized spacial score (nSPS) is 14.6. The average molecular weight is 360 g/mol. The zero-order valence-corrected chi connectivity index (χ0v) is 15.4. The second-order valence-corrected chi connectivity index (χ2v) is 7.00. The van der Waals surface area contributed by atoms with Crippen LogP contribution in [-0.4, -0.2) is 47.3 Å². The zero-order valence-electron chi connectivity index (χ0n) is 15.4. The van der Waals surface area contributed by atoms with Crippen LogP contribution in [0.4, 0.5) is 0 Å². The van der Waals surface area contributed by atoms with Crippen LogP contribution in [0.3, 0.4) is 0 Å². The lowest BCUT2D eigenvalue weighted by Crippen LogP contribution is -2.47. The number of nitrogens with one attached hydrogen (secondary N) is 1. The van der Waals surface area contributed by atoms with Crippen LogP contribution in [0.5, 0.6) is 0 Å². The molecule has 0 aliphatic carbocycles. The third-order valence-corrected chi connectivity index (χ3v) is 3.90. The highest BCUT2D eigenvalue weighted by atomic mass is 16.5. The van der Waals surface area contributed by atoms with Gasteiger partial charge in [-0.25, -0.2) is 4.79 Å². The molecule has 26 heavy (non-hydrogen) atoms. The maximum absolute atomic E-state index is 12.6. The molecule has 0 radical (unpaired) electrons. The Kier molecular flexibility index (Phi) is 6.13. The lowest BCUT2D eigenvalue weighted by molar-refractivity contribution is -0.153. The summed E-state index contributed by atoms with van der Waals surface area (Å²) in [5, 5.41) is 2.62. The molecule has 0 fully saturated rings. The van der Waals surface area contributed by atoms with Gasteiger partial charge in [0.25, 0.3) is 17.7 Å². The zero-order chi connectivity index (χ0) is 19.4. The Labute approximate surface area is 152 Å². The number of ether oxygens (including phenoxy) is 1. The van der Waals surface area contributed by atoms with Crippen molar-refractivity contribution in [1.82, 2.24) is 10.2 Å². The number of rotatable bonds is 7. The largest absolute Gasteiger partial charge is 0.454 e. The number of esters is 1. The number of imide groups is 1. The Morgan fingerprint density at radius 3 is 2.04 bits per heavy atom. The van der Waals surface area contributed by atoms with Crippen LogP contribution in [0.2, 0.25) is 0 Å². The SMILES string of the molecule is CC(C)C[C@H](C(=O)OCC(=O)NC(C)C)N1C(=O)c2ccccc2C1=O. The van der Waals surface area contributed by atoms with Crippen LogP contribution in [-0.2, 0) is 14.3 Å². The van der Waals surface area contributed by atoms with Gasteiger partial charge in [-0.05, 0) is 38.3 Å². The molecule has 0 spiro atoms. The second-order valence-electron chi connectivity index (χ2n) is 7.00. The van der Waals surface area contributed by atoms with Crippen molar-refractivity contribution < 1.29 is 23.9 Å². The summed E-state index contributed by atoms with van der Waals surface area (Å²) in [5.74, 6) is -2.17. The molecule has 7 heteroatoms. The van der Waals surface area contributed by atoms with E-state index in [9.17, 15) is 19.2 Å². The Morgan fingerprint density at radius 2 is 1.58 bits per heavy atom. The molecule has 1 atom stereocenters. The van der Waals surface area contributed by atoms with Gasteiger partial charge in [0.15, 0.2) is 6.61 Å². The highest BCUT2D eigenvalue weighted by molar-refractivity contribution is 6.22. The van der Waals surface area contributed by atoms with Gasteiger partial charge in [-0.2, -0.15) is 0 Å². The van der Waals surface area contributed by atoms with E-state index in [1.54, 1.807) is 38.1 Å². The number of fused-ring (bicyclic) bond motifs is 1. The molecule has 1 aromatic rings. The van der Waals surface area contributed by atoms with E-state index >= 15 is 0 Å². The van der Waals surface area contributed by atoms with Gasteiger partial charge in [0, 0.05) is 6.04 Å². The van der Waals surface area contributed by atoms with Crippen molar-refractivity contribution >= 4 is 23.7 Å². The summed E-state index contributed by atoms with van der Waals surface area (Å²) in [5.41, 5.74) is 0.549. The number of nitrogens with zero attached hydrogens (tertiary/aromatic N) is 1. The molecule has 0 bridgehead atoms. The average Bonchev–Trinajstić information content (AvgIpc) is 2.81. The summed E-state index contributed by atoms with van der Waals surface area (Å²) in [6, 6.07) is 5.31. The minimum Gasteiger partial charge on any atom is -0.454 e. The number of amides is 3. The number of carbonyl (C=O) groups is 4. The van der Waals surface area contributed by atoms with Gasteiger partial charge in [0.2, 0.25) is 0 Å². The second kappa shape index (κ2) is 8.12. The molecule has 0 unspecified atom stereocenters. The fraction of sp³-hybridized carbons (Fsp3) is 0.474. The summed E-state index contributed by atoms with van der Waals surface area (Å²) in [7, 11) is 0. The predicted molar refractivity (Wildman–Crippen MR) is 94.4 cm³/mol. The minimum absolute atomic E-state index is 0.0429. The number of hydrogen-bond acceptors (Lipinski definition) is 5. The molecule has 0 aromatic heterocycles. The smallest absolute Gasteiger partial charge is 0.329 e. The van der Waals surface area contributed by atoms with Gasteiger partial charge in [0.05, 0.1) is 11.1 Å². The quantitative estimate of drug-likeness (QED) is 0.591. The monoisotopic (exact) mass is 360 g/mol. The van der Waals surface area contributed by atoms with Gasteiger partial charge in [-0.15, -0.1) is 0 Å². The van der Waals surface area contributed by atoms with E-state index in [1.165, 1.54) is 0 Å². The van der Waals surface area contributed by atoms with Crippen molar-refractivity contribution in [2.75, 3.05) is 6.61 Å². The Hall–Kier alpha value is -2.70.